The van der Waals surface area contributed by atoms with Crippen LogP contribution in [0.2, 0.25) is 0 Å². The zero-order valence-electron chi connectivity index (χ0n) is 9.19. The minimum absolute atomic E-state index is 0.613. The van der Waals surface area contributed by atoms with Crippen molar-refractivity contribution in [3.63, 3.8) is 0 Å². The molecule has 0 amide bonds. The van der Waals surface area contributed by atoms with Crippen molar-refractivity contribution in [2.24, 2.45) is 0 Å². The molecule has 0 aliphatic heterocycles. The molecule has 0 aromatic carbocycles. The molecule has 88 valence electrons. The molecular weight excluding hydrogens is 226 g/mol. The van der Waals surface area contributed by atoms with Gasteiger partial charge in [0, 0.05) is 0 Å². The number of aromatic nitrogens is 2. The average Bonchev–Trinajstić information content (AvgIpc) is 2.65. The molecule has 0 radical (unpaired) electrons. The third-order valence-electron chi connectivity index (χ3n) is 2.99. The third kappa shape index (κ3) is 2.16. The van der Waals surface area contributed by atoms with E-state index < -0.39 is 11.5 Å². The molecule has 1 saturated carbocycles. The van der Waals surface area contributed by atoms with Gasteiger partial charge in [0.05, 0.1) is 0 Å². The van der Waals surface area contributed by atoms with Crippen LogP contribution in [0.4, 0.5) is 5.13 Å². The van der Waals surface area contributed by atoms with E-state index >= 15 is 0 Å². The highest BCUT2D eigenvalue weighted by Gasteiger charge is 2.40. The van der Waals surface area contributed by atoms with Gasteiger partial charge in [0.25, 0.3) is 0 Å². The van der Waals surface area contributed by atoms with Crippen LogP contribution < -0.4 is 5.32 Å². The number of nitrogens with one attached hydrogen (secondary N) is 1. The van der Waals surface area contributed by atoms with Crippen LogP contribution in [0.15, 0.2) is 0 Å². The number of hydrogen-bond donors (Lipinski definition) is 2. The first-order valence-electron chi connectivity index (χ1n) is 5.44. The van der Waals surface area contributed by atoms with Crippen molar-refractivity contribution < 1.29 is 9.90 Å². The van der Waals surface area contributed by atoms with E-state index in [2.05, 4.69) is 15.5 Å². The van der Waals surface area contributed by atoms with Gasteiger partial charge in [-0.1, -0.05) is 30.6 Å². The predicted octanol–water partition coefficient (Wildman–Crippen LogP) is 2.05. The molecule has 6 heteroatoms. The van der Waals surface area contributed by atoms with Gasteiger partial charge in [0.15, 0.2) is 0 Å². The van der Waals surface area contributed by atoms with E-state index in [4.69, 9.17) is 0 Å². The van der Waals surface area contributed by atoms with Crippen LogP contribution in [0.5, 0.6) is 0 Å². The van der Waals surface area contributed by atoms with Crippen molar-refractivity contribution in [3.8, 4) is 0 Å². The second-order valence-electron chi connectivity index (χ2n) is 4.20. The van der Waals surface area contributed by atoms with Gasteiger partial charge in [0.2, 0.25) is 5.13 Å². The summed E-state index contributed by atoms with van der Waals surface area (Å²) in [6.45, 7) is 1.86. The van der Waals surface area contributed by atoms with Crippen molar-refractivity contribution in [1.29, 1.82) is 0 Å². The Hall–Kier alpha value is -1.17. The molecule has 0 bridgehead atoms. The Kier molecular flexibility index (Phi) is 3.09. The number of aliphatic carboxylic acids is 1. The normalized spacial score (nSPS) is 19.3. The fourth-order valence-corrected chi connectivity index (χ4v) is 2.79. The summed E-state index contributed by atoms with van der Waals surface area (Å²) in [6.07, 6.45) is 4.36. The van der Waals surface area contributed by atoms with Crippen LogP contribution in [0.1, 0.15) is 37.1 Å². The lowest BCUT2D eigenvalue weighted by Crippen LogP contribution is -2.47. The predicted molar refractivity (Wildman–Crippen MR) is 61.7 cm³/mol. The number of carbonyl (C=O) groups is 1. The summed E-state index contributed by atoms with van der Waals surface area (Å²) in [6, 6.07) is 0. The Balaban J connectivity index is 2.16. The Morgan fingerprint density at radius 1 is 1.38 bits per heavy atom. The van der Waals surface area contributed by atoms with Crippen LogP contribution in [-0.2, 0) is 4.79 Å². The highest BCUT2D eigenvalue weighted by atomic mass is 32.1. The van der Waals surface area contributed by atoms with Gasteiger partial charge < -0.3 is 10.4 Å². The minimum Gasteiger partial charge on any atom is -0.480 e. The maximum atomic E-state index is 11.4. The number of rotatable bonds is 3. The van der Waals surface area contributed by atoms with Crippen molar-refractivity contribution >= 4 is 22.4 Å². The number of anilines is 1. The molecule has 5 nitrogen and oxygen atoms in total. The summed E-state index contributed by atoms with van der Waals surface area (Å²) in [5, 5.41) is 21.7. The van der Waals surface area contributed by atoms with E-state index in [-0.39, 0.29) is 0 Å². The maximum absolute atomic E-state index is 11.4. The van der Waals surface area contributed by atoms with E-state index in [1.54, 1.807) is 0 Å². The number of hydrogen-bond acceptors (Lipinski definition) is 5. The van der Waals surface area contributed by atoms with Gasteiger partial charge in [-0.3, -0.25) is 0 Å². The molecule has 1 aliphatic carbocycles. The van der Waals surface area contributed by atoms with Gasteiger partial charge in [-0.15, -0.1) is 10.2 Å². The number of carboxylic acid groups (broad SMARTS) is 1. The zero-order valence-corrected chi connectivity index (χ0v) is 10.0. The summed E-state index contributed by atoms with van der Waals surface area (Å²) in [7, 11) is 0. The molecule has 0 unspecified atom stereocenters. The Morgan fingerprint density at radius 3 is 2.56 bits per heavy atom. The first kappa shape index (κ1) is 11.3. The van der Waals surface area contributed by atoms with Gasteiger partial charge in [-0.2, -0.15) is 0 Å². The lowest BCUT2D eigenvalue weighted by molar-refractivity contribution is -0.143. The van der Waals surface area contributed by atoms with Crippen molar-refractivity contribution in [3.05, 3.63) is 5.01 Å². The molecule has 1 aromatic rings. The quantitative estimate of drug-likeness (QED) is 0.847. The van der Waals surface area contributed by atoms with Gasteiger partial charge in [-0.05, 0) is 19.8 Å². The number of nitrogens with zero attached hydrogens (tertiary/aromatic N) is 2. The van der Waals surface area contributed by atoms with E-state index in [9.17, 15) is 9.90 Å². The minimum atomic E-state index is -0.829. The summed E-state index contributed by atoms with van der Waals surface area (Å²) in [5.41, 5.74) is -0.829. The van der Waals surface area contributed by atoms with Crippen LogP contribution in [0, 0.1) is 6.92 Å². The first-order valence-corrected chi connectivity index (χ1v) is 6.26. The molecule has 1 fully saturated rings. The van der Waals surface area contributed by atoms with Crippen LogP contribution in [0.25, 0.3) is 0 Å². The fourth-order valence-electron chi connectivity index (χ4n) is 2.10. The lowest BCUT2D eigenvalue weighted by Gasteiger charge is -2.33. The molecule has 0 saturated heterocycles. The maximum Gasteiger partial charge on any atom is 0.329 e. The molecule has 16 heavy (non-hydrogen) atoms. The topological polar surface area (TPSA) is 75.1 Å². The molecule has 1 aromatic heterocycles. The molecule has 2 N–H and O–H groups in total. The summed E-state index contributed by atoms with van der Waals surface area (Å²) < 4.78 is 0. The SMILES string of the molecule is Cc1nnc(NC2(C(=O)O)CCCCC2)s1. The van der Waals surface area contributed by atoms with E-state index in [1.807, 2.05) is 6.92 Å². The monoisotopic (exact) mass is 241 g/mol. The highest BCUT2D eigenvalue weighted by Crippen LogP contribution is 2.32. The van der Waals surface area contributed by atoms with Crippen LogP contribution in [0.3, 0.4) is 0 Å². The second kappa shape index (κ2) is 4.37. The number of aryl methyl sites for hydroxylation is 1. The average molecular weight is 241 g/mol. The summed E-state index contributed by atoms with van der Waals surface area (Å²) >= 11 is 1.40. The Bertz CT molecular complexity index is 385. The smallest absolute Gasteiger partial charge is 0.329 e. The third-order valence-corrected chi connectivity index (χ3v) is 3.74. The van der Waals surface area contributed by atoms with Crippen LogP contribution >= 0.6 is 11.3 Å². The Morgan fingerprint density at radius 2 is 2.06 bits per heavy atom. The molecule has 0 atom stereocenters. The van der Waals surface area contributed by atoms with Crippen molar-refractivity contribution in [1.82, 2.24) is 10.2 Å². The summed E-state index contributed by atoms with van der Waals surface area (Å²) in [4.78, 5) is 11.4. The molecule has 2 rings (SSSR count). The fraction of sp³-hybridized carbons (Fsp3) is 0.700. The van der Waals surface area contributed by atoms with Crippen LogP contribution in [-0.4, -0.2) is 26.8 Å². The number of carboxylic acids is 1. The van der Waals surface area contributed by atoms with Crippen molar-refractivity contribution in [2.75, 3.05) is 5.32 Å². The van der Waals surface area contributed by atoms with Gasteiger partial charge in [-0.25, -0.2) is 4.79 Å². The van der Waals surface area contributed by atoms with Crippen molar-refractivity contribution in [2.45, 2.75) is 44.6 Å². The van der Waals surface area contributed by atoms with E-state index in [0.717, 1.165) is 24.3 Å². The summed E-state index contributed by atoms with van der Waals surface area (Å²) in [5.74, 6) is -0.778. The molecule has 0 spiro atoms. The Labute approximate surface area is 97.9 Å². The molecule has 1 heterocycles. The van der Waals surface area contributed by atoms with Gasteiger partial charge >= 0.3 is 5.97 Å². The highest BCUT2D eigenvalue weighted by molar-refractivity contribution is 7.15. The van der Waals surface area contributed by atoms with Gasteiger partial charge in [0.1, 0.15) is 10.5 Å². The largest absolute Gasteiger partial charge is 0.480 e. The lowest BCUT2D eigenvalue weighted by atomic mass is 9.82. The van der Waals surface area contributed by atoms with E-state index in [1.165, 1.54) is 11.3 Å². The first-order chi connectivity index (χ1) is 7.62. The standard InChI is InChI=1S/C10H15N3O2S/c1-7-12-13-9(16-7)11-10(8(14)15)5-3-2-4-6-10/h2-6H2,1H3,(H,11,13)(H,14,15). The van der Waals surface area contributed by atoms with E-state index in [0.29, 0.717) is 18.0 Å². The molecule has 1 aliphatic rings. The molecular formula is C10H15N3O2S. The zero-order chi connectivity index (χ0) is 11.6. The second-order valence-corrected chi connectivity index (χ2v) is 5.38.